The topological polar surface area (TPSA) is 141 Å². The summed E-state index contributed by atoms with van der Waals surface area (Å²) in [5, 5.41) is 24.9. The molecule has 0 spiro atoms. The number of aliphatic hydroxyl groups is 2. The summed E-state index contributed by atoms with van der Waals surface area (Å²) >= 11 is 0. The molecule has 3 aromatic rings. The smallest absolute Gasteiger partial charge is 0.247 e. The Bertz CT molecular complexity index is 1480. The molecule has 2 amide bonds. The number of carbonyl (C=O) groups is 3. The molecule has 10 nitrogen and oxygen atoms in total. The number of benzene rings is 2. The molecule has 1 aromatic heterocycles. The first kappa shape index (κ1) is 29.3. The average molecular weight is 576 g/mol. The van der Waals surface area contributed by atoms with Crippen LogP contribution in [-0.2, 0) is 16.0 Å². The van der Waals surface area contributed by atoms with Gasteiger partial charge in [-0.15, -0.1) is 0 Å². The number of amides is 2. The lowest BCUT2D eigenvalue weighted by Crippen LogP contribution is -2.56. The molecule has 0 saturated carbocycles. The second kappa shape index (κ2) is 12.4. The number of nitrogens with zero attached hydrogens (tertiary/aromatic N) is 1. The minimum absolute atomic E-state index is 0.0303. The molecule has 0 fully saturated rings. The zero-order chi connectivity index (χ0) is 30.0. The van der Waals surface area contributed by atoms with Gasteiger partial charge >= 0.3 is 0 Å². The summed E-state index contributed by atoms with van der Waals surface area (Å²) in [6, 6.07) is 12.3. The Labute approximate surface area is 244 Å². The summed E-state index contributed by atoms with van der Waals surface area (Å²) in [5.74, 6) is -0.572. The first-order valence-corrected chi connectivity index (χ1v) is 14.2. The Morgan fingerprint density at radius 2 is 2.00 bits per heavy atom. The van der Waals surface area contributed by atoms with Crippen LogP contribution in [0.15, 0.2) is 54.1 Å². The Morgan fingerprint density at radius 3 is 2.69 bits per heavy atom. The van der Waals surface area contributed by atoms with Gasteiger partial charge in [0, 0.05) is 53.8 Å². The molecule has 4 atom stereocenters. The highest BCUT2D eigenvalue weighted by atomic mass is 16.5. The summed E-state index contributed by atoms with van der Waals surface area (Å²) in [5.41, 5.74) is 3.12. The molecule has 5 rings (SSSR count). The number of H-pyrrole nitrogens is 1. The second-order valence-corrected chi connectivity index (χ2v) is 11.2. The Morgan fingerprint density at radius 1 is 1.21 bits per heavy atom. The van der Waals surface area contributed by atoms with Gasteiger partial charge in [-0.1, -0.05) is 32.0 Å². The molecule has 0 radical (unpaired) electrons. The third-order valence-corrected chi connectivity index (χ3v) is 7.88. The van der Waals surface area contributed by atoms with Crippen molar-refractivity contribution in [2.45, 2.75) is 50.9 Å². The van der Waals surface area contributed by atoms with E-state index in [0.29, 0.717) is 47.5 Å². The molecule has 4 N–H and O–H groups in total. The Hall–Kier alpha value is -4.15. The number of methoxy groups -OCH3 is 1. The Kier molecular flexibility index (Phi) is 8.65. The zero-order valence-electron chi connectivity index (χ0n) is 24.0. The highest BCUT2D eigenvalue weighted by Gasteiger charge is 2.51. The number of aromatic amines is 1. The summed E-state index contributed by atoms with van der Waals surface area (Å²) in [6.07, 6.45) is 1.00. The Balaban J connectivity index is 1.54. The van der Waals surface area contributed by atoms with Crippen LogP contribution in [0.1, 0.15) is 47.8 Å². The van der Waals surface area contributed by atoms with Crippen molar-refractivity contribution >= 4 is 29.0 Å². The molecule has 0 saturated heterocycles. The van der Waals surface area contributed by atoms with Crippen LogP contribution in [0.5, 0.6) is 11.5 Å². The lowest BCUT2D eigenvalue weighted by atomic mass is 9.77. The molecule has 42 heavy (non-hydrogen) atoms. The number of nitrogens with one attached hydrogen (secondary N) is 2. The van der Waals surface area contributed by atoms with Crippen molar-refractivity contribution in [3.8, 4) is 11.5 Å². The van der Waals surface area contributed by atoms with Crippen LogP contribution in [0.2, 0.25) is 0 Å². The van der Waals surface area contributed by atoms with Gasteiger partial charge in [0.05, 0.1) is 25.7 Å². The van der Waals surface area contributed by atoms with Crippen molar-refractivity contribution in [3.05, 3.63) is 70.9 Å². The first-order chi connectivity index (χ1) is 20.2. The fraction of sp³-hybridized carbons (Fsp3) is 0.406. The van der Waals surface area contributed by atoms with E-state index < -0.39 is 30.1 Å². The van der Waals surface area contributed by atoms with E-state index in [1.807, 2.05) is 44.2 Å². The summed E-state index contributed by atoms with van der Waals surface area (Å²) < 4.78 is 11.8. The number of aromatic nitrogens is 1. The van der Waals surface area contributed by atoms with Gasteiger partial charge in [-0.25, -0.2) is 0 Å². The maximum Gasteiger partial charge on any atom is 0.247 e. The van der Waals surface area contributed by atoms with E-state index in [-0.39, 0.29) is 31.4 Å². The van der Waals surface area contributed by atoms with Gasteiger partial charge in [0.2, 0.25) is 11.8 Å². The molecule has 2 aliphatic rings. The number of hydrogen-bond acceptors (Lipinski definition) is 7. The third-order valence-electron chi connectivity index (χ3n) is 7.88. The van der Waals surface area contributed by atoms with E-state index in [1.54, 1.807) is 23.1 Å². The van der Waals surface area contributed by atoms with Crippen molar-refractivity contribution in [3.63, 3.8) is 0 Å². The number of fused-ring (bicyclic) bond motifs is 4. The van der Waals surface area contributed by atoms with Gasteiger partial charge < -0.3 is 34.9 Å². The average Bonchev–Trinajstić information content (AvgIpc) is 3.58. The predicted octanol–water partition coefficient (Wildman–Crippen LogP) is 2.73. The van der Waals surface area contributed by atoms with Gasteiger partial charge in [0.25, 0.3) is 0 Å². The minimum atomic E-state index is -1.18. The standard InChI is InChI=1S/C32H37N3O7/c1-18(2)12-27(38)35(10-8-21-15-20-6-4-5-7-24(20)34-21)25-16-23(32(40)33-9-11-36)28-22-13-19(17-37)14-26(41-3)30(22)42-31(28)29(25)39/h4-7,13-18,25,28-29,31,34,36,39H,8-12H2,1-3H3,(H,33,40)/t25-,28+,29+,31+/m1/s1. The van der Waals surface area contributed by atoms with E-state index in [9.17, 15) is 24.6 Å². The molecule has 2 heterocycles. The van der Waals surface area contributed by atoms with Crippen LogP contribution in [0, 0.1) is 5.92 Å². The number of aliphatic hydroxyl groups excluding tert-OH is 2. The summed E-state index contributed by atoms with van der Waals surface area (Å²) in [4.78, 5) is 43.9. The van der Waals surface area contributed by atoms with Crippen LogP contribution in [0.4, 0.5) is 0 Å². The highest BCUT2D eigenvalue weighted by Crippen LogP contribution is 2.51. The third kappa shape index (κ3) is 5.64. The van der Waals surface area contributed by atoms with Crippen molar-refractivity contribution in [1.82, 2.24) is 15.2 Å². The van der Waals surface area contributed by atoms with Gasteiger partial charge in [-0.2, -0.15) is 0 Å². The SMILES string of the molecule is COc1cc(C=O)cc2c1O[C@@H]1[C@@H](O)[C@H](N(CCc3cc4ccccc4[nH]3)C(=O)CC(C)C)C=C(C(=O)NCCO)[C@H]21. The molecule has 1 aliphatic carbocycles. The molecule has 10 heteroatoms. The molecule has 1 aliphatic heterocycles. The molecule has 0 unspecified atom stereocenters. The lowest BCUT2D eigenvalue weighted by molar-refractivity contribution is -0.137. The molecule has 2 aromatic carbocycles. The maximum absolute atomic E-state index is 13.7. The first-order valence-electron chi connectivity index (χ1n) is 14.2. The van der Waals surface area contributed by atoms with Crippen molar-refractivity contribution in [2.24, 2.45) is 5.92 Å². The molecular formula is C32H37N3O7. The highest BCUT2D eigenvalue weighted by molar-refractivity contribution is 5.96. The predicted molar refractivity (Wildman–Crippen MR) is 157 cm³/mol. The number of ether oxygens (including phenoxy) is 2. The van der Waals surface area contributed by atoms with E-state index in [1.165, 1.54) is 7.11 Å². The van der Waals surface area contributed by atoms with Crippen LogP contribution >= 0.6 is 0 Å². The fourth-order valence-corrected chi connectivity index (χ4v) is 5.97. The van der Waals surface area contributed by atoms with E-state index in [2.05, 4.69) is 10.3 Å². The van der Waals surface area contributed by atoms with Gasteiger partial charge in [0.15, 0.2) is 11.5 Å². The minimum Gasteiger partial charge on any atom is -0.493 e. The molecule has 222 valence electrons. The normalized spacial score (nSPS) is 20.9. The quantitative estimate of drug-likeness (QED) is 0.258. The van der Waals surface area contributed by atoms with E-state index >= 15 is 0 Å². The second-order valence-electron chi connectivity index (χ2n) is 11.2. The number of hydrogen-bond donors (Lipinski definition) is 4. The zero-order valence-corrected chi connectivity index (χ0v) is 24.0. The van der Waals surface area contributed by atoms with Crippen LogP contribution in [0.25, 0.3) is 10.9 Å². The maximum atomic E-state index is 13.7. The van der Waals surface area contributed by atoms with E-state index in [4.69, 9.17) is 9.47 Å². The van der Waals surface area contributed by atoms with Crippen molar-refractivity contribution in [1.29, 1.82) is 0 Å². The van der Waals surface area contributed by atoms with E-state index in [0.717, 1.165) is 16.6 Å². The van der Waals surface area contributed by atoms with Gasteiger partial charge in [-0.3, -0.25) is 14.4 Å². The van der Waals surface area contributed by atoms with Gasteiger partial charge in [-0.05, 0) is 41.6 Å². The van der Waals surface area contributed by atoms with Gasteiger partial charge in [0.1, 0.15) is 18.5 Å². The summed E-state index contributed by atoms with van der Waals surface area (Å²) in [7, 11) is 1.45. The number of para-hydroxylation sites is 1. The number of rotatable bonds is 11. The fourth-order valence-electron chi connectivity index (χ4n) is 5.97. The van der Waals surface area contributed by atoms with Crippen LogP contribution in [-0.4, -0.2) is 83.3 Å². The largest absolute Gasteiger partial charge is 0.493 e. The van der Waals surface area contributed by atoms with Crippen molar-refractivity contribution in [2.75, 3.05) is 26.8 Å². The van der Waals surface area contributed by atoms with Crippen molar-refractivity contribution < 1.29 is 34.1 Å². The monoisotopic (exact) mass is 575 g/mol. The van der Waals surface area contributed by atoms with Crippen LogP contribution in [0.3, 0.4) is 0 Å². The number of carbonyl (C=O) groups excluding carboxylic acids is 3. The molecule has 0 bridgehead atoms. The van der Waals surface area contributed by atoms with Crippen LogP contribution < -0.4 is 14.8 Å². The lowest BCUT2D eigenvalue weighted by Gasteiger charge is -2.41. The number of aldehydes is 1. The molecular weight excluding hydrogens is 538 g/mol. The summed E-state index contributed by atoms with van der Waals surface area (Å²) in [6.45, 7) is 3.99.